The fraction of sp³-hybridized carbons (Fsp3) is 0.435. The molecule has 0 unspecified atom stereocenters. The lowest BCUT2D eigenvalue weighted by Crippen LogP contribution is -2.57. The number of anilines is 1. The van der Waals surface area contributed by atoms with Crippen molar-refractivity contribution in [3.05, 3.63) is 60.2 Å². The Labute approximate surface area is 181 Å². The van der Waals surface area contributed by atoms with Crippen molar-refractivity contribution in [1.29, 1.82) is 0 Å². The van der Waals surface area contributed by atoms with E-state index in [4.69, 9.17) is 4.74 Å². The molecule has 0 radical (unpaired) electrons. The number of carbonyl (C=O) groups is 1. The lowest BCUT2D eigenvalue weighted by molar-refractivity contribution is -0.0209. The number of aromatic hydroxyl groups is 1. The number of aliphatic hydroxyl groups is 2. The molecule has 2 aliphatic heterocycles. The Kier molecular flexibility index (Phi) is 6.72. The molecule has 0 bridgehead atoms. The normalized spacial score (nSPS) is 26.7. The average molecular weight is 428 g/mol. The number of para-hydroxylation sites is 1. The van der Waals surface area contributed by atoms with E-state index in [-0.39, 0.29) is 30.9 Å². The molecule has 0 saturated carbocycles. The van der Waals surface area contributed by atoms with Crippen LogP contribution in [-0.2, 0) is 4.74 Å². The summed E-state index contributed by atoms with van der Waals surface area (Å²) in [4.78, 5) is 17.0. The minimum absolute atomic E-state index is 0.0229. The quantitative estimate of drug-likeness (QED) is 0.530. The van der Waals surface area contributed by atoms with Crippen molar-refractivity contribution in [2.24, 2.45) is 0 Å². The Hall–Kier alpha value is -2.65. The van der Waals surface area contributed by atoms with Crippen molar-refractivity contribution in [3.8, 4) is 5.75 Å². The van der Waals surface area contributed by atoms with E-state index in [1.165, 1.54) is 17.8 Å². The molecule has 0 aromatic heterocycles. The summed E-state index contributed by atoms with van der Waals surface area (Å²) < 4.78 is 5.89. The zero-order chi connectivity index (χ0) is 21.8. The summed E-state index contributed by atoms with van der Waals surface area (Å²) in [7, 11) is 0. The summed E-state index contributed by atoms with van der Waals surface area (Å²) in [6, 6.07) is 16.0. The van der Waals surface area contributed by atoms with Crippen LogP contribution in [0, 0.1) is 0 Å². The fourth-order valence-electron chi connectivity index (χ4n) is 4.46. The van der Waals surface area contributed by atoms with Gasteiger partial charge in [-0.05, 0) is 30.3 Å². The molecule has 2 aliphatic rings. The zero-order valence-corrected chi connectivity index (χ0v) is 17.3. The van der Waals surface area contributed by atoms with Gasteiger partial charge in [0.25, 0.3) is 5.91 Å². The molecule has 2 aromatic carbocycles. The highest BCUT2D eigenvalue weighted by Crippen LogP contribution is 2.27. The van der Waals surface area contributed by atoms with Crippen molar-refractivity contribution in [3.63, 3.8) is 0 Å². The average Bonchev–Trinajstić information content (AvgIpc) is 3.13. The topological polar surface area (TPSA) is 106 Å². The van der Waals surface area contributed by atoms with E-state index in [1.807, 2.05) is 18.2 Å². The largest absolute Gasteiger partial charge is 0.508 e. The van der Waals surface area contributed by atoms with Crippen LogP contribution >= 0.6 is 0 Å². The van der Waals surface area contributed by atoms with Crippen molar-refractivity contribution in [1.82, 2.24) is 10.2 Å². The first-order chi connectivity index (χ1) is 15.1. The number of amides is 1. The molecule has 8 heteroatoms. The summed E-state index contributed by atoms with van der Waals surface area (Å²) in [6.07, 6.45) is -1.97. The number of aliphatic hydroxyl groups excluding tert-OH is 2. The lowest BCUT2D eigenvalue weighted by Gasteiger charge is -2.41. The Morgan fingerprint density at radius 2 is 1.77 bits per heavy atom. The van der Waals surface area contributed by atoms with Crippen molar-refractivity contribution < 1.29 is 24.9 Å². The minimum Gasteiger partial charge on any atom is -0.508 e. The molecule has 2 saturated heterocycles. The van der Waals surface area contributed by atoms with Crippen molar-refractivity contribution in [2.45, 2.75) is 24.4 Å². The monoisotopic (exact) mass is 427 g/mol. The Balaban J connectivity index is 1.39. The van der Waals surface area contributed by atoms with Crippen molar-refractivity contribution in [2.75, 3.05) is 44.2 Å². The second-order valence-corrected chi connectivity index (χ2v) is 8.00. The number of carbonyl (C=O) groups excluding carboxylic acids is 1. The maximum atomic E-state index is 12.5. The number of benzene rings is 2. The molecular formula is C23H29N3O5. The minimum atomic E-state index is -0.837. The van der Waals surface area contributed by atoms with Crippen molar-refractivity contribution >= 4 is 11.6 Å². The van der Waals surface area contributed by atoms with Crippen LogP contribution in [0.3, 0.4) is 0 Å². The maximum absolute atomic E-state index is 12.5. The zero-order valence-electron chi connectivity index (χ0n) is 17.3. The van der Waals surface area contributed by atoms with Gasteiger partial charge in [0.15, 0.2) is 0 Å². The Morgan fingerprint density at radius 3 is 2.45 bits per heavy atom. The highest BCUT2D eigenvalue weighted by Gasteiger charge is 2.46. The molecular weight excluding hydrogens is 398 g/mol. The van der Waals surface area contributed by atoms with Crippen LogP contribution in [0.2, 0.25) is 0 Å². The van der Waals surface area contributed by atoms with E-state index in [0.717, 1.165) is 26.2 Å². The first kappa shape index (κ1) is 21.6. The molecule has 4 atom stereocenters. The molecule has 166 valence electrons. The van der Waals surface area contributed by atoms with Crippen LogP contribution in [0.1, 0.15) is 10.4 Å². The highest BCUT2D eigenvalue weighted by atomic mass is 16.5. The second kappa shape index (κ2) is 9.65. The van der Waals surface area contributed by atoms with Gasteiger partial charge < -0.3 is 30.3 Å². The number of rotatable bonds is 6. The van der Waals surface area contributed by atoms with Crippen LogP contribution in [0.15, 0.2) is 54.6 Å². The molecule has 0 aliphatic carbocycles. The first-order valence-electron chi connectivity index (χ1n) is 10.6. The Bertz CT molecular complexity index is 873. The summed E-state index contributed by atoms with van der Waals surface area (Å²) >= 11 is 0. The van der Waals surface area contributed by atoms with Gasteiger partial charge in [-0.15, -0.1) is 0 Å². The molecule has 2 aromatic rings. The molecule has 31 heavy (non-hydrogen) atoms. The maximum Gasteiger partial charge on any atom is 0.251 e. The van der Waals surface area contributed by atoms with Gasteiger partial charge in [0.05, 0.1) is 18.8 Å². The fourth-order valence-corrected chi connectivity index (χ4v) is 4.46. The van der Waals surface area contributed by atoms with Crippen LogP contribution < -0.4 is 10.2 Å². The van der Waals surface area contributed by atoms with Crippen LogP contribution in [0.25, 0.3) is 0 Å². The smallest absolute Gasteiger partial charge is 0.251 e. The van der Waals surface area contributed by atoms with E-state index in [1.54, 1.807) is 12.1 Å². The number of hydrogen-bond acceptors (Lipinski definition) is 7. The number of nitrogens with one attached hydrogen (secondary N) is 1. The lowest BCUT2D eigenvalue weighted by atomic mass is 10.0. The first-order valence-corrected chi connectivity index (χ1v) is 10.6. The van der Waals surface area contributed by atoms with Gasteiger partial charge in [-0.1, -0.05) is 24.3 Å². The highest BCUT2D eigenvalue weighted by molar-refractivity contribution is 5.94. The van der Waals surface area contributed by atoms with Crippen LogP contribution in [0.5, 0.6) is 5.75 Å². The second-order valence-electron chi connectivity index (χ2n) is 8.00. The molecule has 0 spiro atoms. The van der Waals surface area contributed by atoms with Crippen LogP contribution in [0.4, 0.5) is 5.69 Å². The molecule has 2 fully saturated rings. The number of nitrogens with zero attached hydrogens (tertiary/aromatic N) is 2. The van der Waals surface area contributed by atoms with Gasteiger partial charge in [0, 0.05) is 44.0 Å². The molecule has 1 amide bonds. The van der Waals surface area contributed by atoms with E-state index in [9.17, 15) is 20.1 Å². The number of ether oxygens (including phenoxy) is 1. The number of phenolic OH excluding ortho intramolecular Hbond substituents is 1. The summed E-state index contributed by atoms with van der Waals surface area (Å²) in [5.74, 6) is -0.302. The SMILES string of the molecule is O=C(NC[C@H]1O[C@@H](CO)[C@@H](O)[C@H]1N1CCN(c2ccccc2)CC1)c1cccc(O)c1. The summed E-state index contributed by atoms with van der Waals surface area (Å²) in [5.41, 5.74) is 1.53. The third kappa shape index (κ3) is 4.83. The molecule has 2 heterocycles. The standard InChI is InChI=1S/C23H29N3O5/c27-15-20-22(29)21(26-11-9-25(10-12-26)17-6-2-1-3-7-17)19(31-20)14-24-23(30)16-5-4-8-18(28)13-16/h1-8,13,19-22,27-29H,9-12,14-15H2,(H,24,30)/t19-,20+,21+,22-/m1/s1. The summed E-state index contributed by atoms with van der Waals surface area (Å²) in [6.45, 7) is 3.05. The Morgan fingerprint density at radius 1 is 1.03 bits per heavy atom. The predicted octanol–water partition coefficient (Wildman–Crippen LogP) is 0.433. The van der Waals surface area contributed by atoms with E-state index in [2.05, 4.69) is 27.2 Å². The predicted molar refractivity (Wildman–Crippen MR) is 116 cm³/mol. The summed E-state index contributed by atoms with van der Waals surface area (Å²) in [5, 5.41) is 32.8. The van der Waals surface area contributed by atoms with E-state index in [0.29, 0.717) is 5.56 Å². The van der Waals surface area contributed by atoms with Gasteiger partial charge in [0.1, 0.15) is 18.0 Å². The third-order valence-corrected chi connectivity index (χ3v) is 6.07. The van der Waals surface area contributed by atoms with E-state index < -0.39 is 18.3 Å². The van der Waals surface area contributed by atoms with Gasteiger partial charge in [-0.3, -0.25) is 9.69 Å². The number of hydrogen-bond donors (Lipinski definition) is 4. The number of piperazine rings is 1. The molecule has 8 nitrogen and oxygen atoms in total. The third-order valence-electron chi connectivity index (χ3n) is 6.07. The van der Waals surface area contributed by atoms with Gasteiger partial charge in [-0.25, -0.2) is 0 Å². The van der Waals surface area contributed by atoms with Gasteiger partial charge >= 0.3 is 0 Å². The van der Waals surface area contributed by atoms with Crippen LogP contribution in [-0.4, -0.2) is 89.8 Å². The molecule has 4 N–H and O–H groups in total. The van der Waals surface area contributed by atoms with Gasteiger partial charge in [0.2, 0.25) is 0 Å². The number of phenols is 1. The van der Waals surface area contributed by atoms with Gasteiger partial charge in [-0.2, -0.15) is 0 Å². The molecule has 4 rings (SSSR count). The van der Waals surface area contributed by atoms with E-state index >= 15 is 0 Å².